The van der Waals surface area contributed by atoms with Gasteiger partial charge in [0.05, 0.1) is 10.2 Å². The Balaban J connectivity index is 1.70. The van der Waals surface area contributed by atoms with E-state index >= 15 is 0 Å². The van der Waals surface area contributed by atoms with E-state index < -0.39 is 0 Å². The molecule has 2 heterocycles. The molecular weight excluding hydrogens is 264 g/mol. The summed E-state index contributed by atoms with van der Waals surface area (Å²) in [5.74, 6) is 1.67. The van der Waals surface area contributed by atoms with Crippen molar-refractivity contribution in [2.75, 3.05) is 0 Å². The Morgan fingerprint density at radius 2 is 2.20 bits per heavy atom. The first kappa shape index (κ1) is 14.0. The highest BCUT2D eigenvalue weighted by Crippen LogP contribution is 2.30. The molecule has 1 aliphatic carbocycles. The van der Waals surface area contributed by atoms with Gasteiger partial charge in [-0.25, -0.2) is 0 Å². The SMILES string of the molecule is CC1CCC(NC(C)c2cnc3ccsc3c2)C(C)C1. The Morgan fingerprint density at radius 3 is 3.00 bits per heavy atom. The Morgan fingerprint density at radius 1 is 1.35 bits per heavy atom. The van der Waals surface area contributed by atoms with E-state index in [2.05, 4.69) is 48.6 Å². The summed E-state index contributed by atoms with van der Waals surface area (Å²) in [6.45, 7) is 7.03. The maximum absolute atomic E-state index is 4.56. The molecule has 20 heavy (non-hydrogen) atoms. The molecule has 0 aromatic carbocycles. The molecule has 1 saturated carbocycles. The Labute approximate surface area is 125 Å². The van der Waals surface area contributed by atoms with Crippen LogP contribution in [0.3, 0.4) is 0 Å². The largest absolute Gasteiger partial charge is 0.307 e. The molecule has 1 fully saturated rings. The molecule has 108 valence electrons. The van der Waals surface area contributed by atoms with Gasteiger partial charge in [-0.05, 0) is 61.1 Å². The third-order valence-electron chi connectivity index (χ3n) is 4.72. The number of rotatable bonds is 3. The van der Waals surface area contributed by atoms with Gasteiger partial charge in [0.15, 0.2) is 0 Å². The third-order valence-corrected chi connectivity index (χ3v) is 5.57. The van der Waals surface area contributed by atoms with Gasteiger partial charge in [0.1, 0.15) is 0 Å². The fourth-order valence-corrected chi connectivity index (χ4v) is 4.22. The number of hydrogen-bond donors (Lipinski definition) is 1. The van der Waals surface area contributed by atoms with Gasteiger partial charge in [0.25, 0.3) is 0 Å². The van der Waals surface area contributed by atoms with Crippen LogP contribution in [0, 0.1) is 11.8 Å². The van der Waals surface area contributed by atoms with Crippen molar-refractivity contribution in [1.82, 2.24) is 10.3 Å². The summed E-state index contributed by atoms with van der Waals surface area (Å²) >= 11 is 1.78. The number of thiophene rings is 1. The third kappa shape index (κ3) is 2.89. The van der Waals surface area contributed by atoms with Crippen molar-refractivity contribution >= 4 is 21.6 Å². The molecule has 2 aromatic heterocycles. The fourth-order valence-electron chi connectivity index (χ4n) is 3.43. The zero-order valence-electron chi connectivity index (χ0n) is 12.6. The number of fused-ring (bicyclic) bond motifs is 1. The van der Waals surface area contributed by atoms with Crippen LogP contribution in [0.4, 0.5) is 0 Å². The van der Waals surface area contributed by atoms with Gasteiger partial charge in [-0.3, -0.25) is 4.98 Å². The minimum absolute atomic E-state index is 0.384. The molecule has 3 heteroatoms. The predicted molar refractivity (Wildman–Crippen MR) is 87.1 cm³/mol. The smallest absolute Gasteiger partial charge is 0.0809 e. The summed E-state index contributed by atoms with van der Waals surface area (Å²) in [7, 11) is 0. The topological polar surface area (TPSA) is 24.9 Å². The second-order valence-corrected chi connectivity index (χ2v) is 7.41. The van der Waals surface area contributed by atoms with E-state index in [1.165, 1.54) is 29.5 Å². The van der Waals surface area contributed by atoms with Crippen LogP contribution in [0.1, 0.15) is 51.6 Å². The van der Waals surface area contributed by atoms with Gasteiger partial charge in [0.2, 0.25) is 0 Å². The summed E-state index contributed by atoms with van der Waals surface area (Å²) in [5.41, 5.74) is 2.43. The molecule has 1 aliphatic rings. The molecular formula is C17H24N2S. The maximum Gasteiger partial charge on any atom is 0.0809 e. The van der Waals surface area contributed by atoms with Gasteiger partial charge >= 0.3 is 0 Å². The van der Waals surface area contributed by atoms with E-state index in [9.17, 15) is 0 Å². The van der Waals surface area contributed by atoms with E-state index in [1.54, 1.807) is 11.3 Å². The molecule has 2 aromatic rings. The van der Waals surface area contributed by atoms with Gasteiger partial charge in [-0.1, -0.05) is 13.8 Å². The first-order valence-corrected chi connectivity index (χ1v) is 8.60. The highest BCUT2D eigenvalue weighted by Gasteiger charge is 2.26. The first-order valence-electron chi connectivity index (χ1n) is 7.72. The zero-order valence-corrected chi connectivity index (χ0v) is 13.4. The molecule has 1 N–H and O–H groups in total. The van der Waals surface area contributed by atoms with Crippen molar-refractivity contribution in [2.24, 2.45) is 11.8 Å². The second kappa shape index (κ2) is 5.82. The quantitative estimate of drug-likeness (QED) is 0.880. The molecule has 3 rings (SSSR count). The van der Waals surface area contributed by atoms with Crippen LogP contribution in [-0.4, -0.2) is 11.0 Å². The predicted octanol–water partition coefficient (Wildman–Crippen LogP) is 4.77. The Kier molecular flexibility index (Phi) is 4.08. The number of nitrogens with one attached hydrogen (secondary N) is 1. The zero-order chi connectivity index (χ0) is 14.1. The van der Waals surface area contributed by atoms with E-state index in [4.69, 9.17) is 0 Å². The molecule has 4 unspecified atom stereocenters. The van der Waals surface area contributed by atoms with Gasteiger partial charge in [0, 0.05) is 18.3 Å². The monoisotopic (exact) mass is 288 g/mol. The van der Waals surface area contributed by atoms with Crippen molar-refractivity contribution in [3.63, 3.8) is 0 Å². The molecule has 4 atom stereocenters. The molecule has 0 amide bonds. The summed E-state index contributed by atoms with van der Waals surface area (Å²) in [6, 6.07) is 5.42. The summed E-state index contributed by atoms with van der Waals surface area (Å²) in [4.78, 5) is 4.56. The van der Waals surface area contributed by atoms with Crippen LogP contribution in [0.15, 0.2) is 23.7 Å². The summed E-state index contributed by atoms with van der Waals surface area (Å²) < 4.78 is 1.29. The molecule has 0 spiro atoms. The van der Waals surface area contributed by atoms with Gasteiger partial charge in [-0.2, -0.15) is 0 Å². The van der Waals surface area contributed by atoms with E-state index in [0.29, 0.717) is 12.1 Å². The lowest BCUT2D eigenvalue weighted by molar-refractivity contribution is 0.216. The lowest BCUT2D eigenvalue weighted by Gasteiger charge is -2.35. The minimum Gasteiger partial charge on any atom is -0.307 e. The van der Waals surface area contributed by atoms with E-state index in [1.807, 2.05) is 6.20 Å². The average molecular weight is 288 g/mol. The highest BCUT2D eigenvalue weighted by molar-refractivity contribution is 7.17. The van der Waals surface area contributed by atoms with Crippen LogP contribution in [0.25, 0.3) is 10.2 Å². The number of nitrogens with zero attached hydrogens (tertiary/aromatic N) is 1. The molecule has 0 radical (unpaired) electrons. The highest BCUT2D eigenvalue weighted by atomic mass is 32.1. The van der Waals surface area contributed by atoms with Gasteiger partial charge < -0.3 is 5.32 Å². The van der Waals surface area contributed by atoms with E-state index in [-0.39, 0.29) is 0 Å². The normalized spacial score (nSPS) is 28.6. The second-order valence-electron chi connectivity index (χ2n) is 6.46. The molecule has 0 aliphatic heterocycles. The van der Waals surface area contributed by atoms with Crippen LogP contribution >= 0.6 is 11.3 Å². The van der Waals surface area contributed by atoms with Crippen LogP contribution in [0.2, 0.25) is 0 Å². The average Bonchev–Trinajstić information content (AvgIpc) is 2.89. The number of aromatic nitrogens is 1. The van der Waals surface area contributed by atoms with Crippen molar-refractivity contribution < 1.29 is 0 Å². The van der Waals surface area contributed by atoms with Crippen molar-refractivity contribution in [1.29, 1.82) is 0 Å². The van der Waals surface area contributed by atoms with Crippen LogP contribution in [-0.2, 0) is 0 Å². The van der Waals surface area contributed by atoms with Gasteiger partial charge in [-0.15, -0.1) is 11.3 Å². The molecule has 2 nitrogen and oxygen atoms in total. The summed E-state index contributed by atoms with van der Waals surface area (Å²) in [6.07, 6.45) is 6.05. The van der Waals surface area contributed by atoms with Crippen LogP contribution < -0.4 is 5.32 Å². The van der Waals surface area contributed by atoms with Crippen LogP contribution in [0.5, 0.6) is 0 Å². The molecule has 0 bridgehead atoms. The van der Waals surface area contributed by atoms with E-state index in [0.717, 1.165) is 17.4 Å². The Bertz CT molecular complexity index is 577. The number of hydrogen-bond acceptors (Lipinski definition) is 3. The standard InChI is InChI=1S/C17H24N2S/c1-11-4-5-15(12(2)8-11)19-13(3)14-9-17-16(18-10-14)6-7-20-17/h6-7,9-13,15,19H,4-5,8H2,1-3H3. The maximum atomic E-state index is 4.56. The minimum atomic E-state index is 0.384. The summed E-state index contributed by atoms with van der Waals surface area (Å²) in [5, 5.41) is 5.94. The fraction of sp³-hybridized carbons (Fsp3) is 0.588. The first-order chi connectivity index (χ1) is 9.63. The molecule has 0 saturated heterocycles. The van der Waals surface area contributed by atoms with Crippen molar-refractivity contribution in [3.05, 3.63) is 29.3 Å². The van der Waals surface area contributed by atoms with Crippen molar-refractivity contribution in [2.45, 2.75) is 52.1 Å². The van der Waals surface area contributed by atoms with Crippen molar-refractivity contribution in [3.8, 4) is 0 Å². The Hall–Kier alpha value is -0.930. The lowest BCUT2D eigenvalue weighted by Crippen LogP contribution is -2.40. The lowest BCUT2D eigenvalue weighted by atomic mass is 9.79. The number of pyridine rings is 1.